The second-order valence-corrected chi connectivity index (χ2v) is 6.45. The van der Waals surface area contributed by atoms with Gasteiger partial charge in [-0.15, -0.1) is 5.10 Å². The summed E-state index contributed by atoms with van der Waals surface area (Å²) in [4.78, 5) is 8.53. The highest BCUT2D eigenvalue weighted by Gasteiger charge is 2.12. The molecule has 0 amide bonds. The minimum absolute atomic E-state index is 0.136. The van der Waals surface area contributed by atoms with Gasteiger partial charge in [0.15, 0.2) is 11.5 Å². The molecule has 8 heteroatoms. The van der Waals surface area contributed by atoms with Crippen LogP contribution in [-0.2, 0) is 0 Å². The molecule has 1 aliphatic carbocycles. The summed E-state index contributed by atoms with van der Waals surface area (Å²) < 4.78 is 3.30. The number of nitrogens with zero attached hydrogens (tertiary/aromatic N) is 6. The maximum Gasteiger partial charge on any atom is 0.240 e. The van der Waals surface area contributed by atoms with Crippen molar-refractivity contribution in [2.45, 2.75) is 38.5 Å². The molecule has 4 heterocycles. The Morgan fingerprint density at radius 3 is 2.23 bits per heavy atom. The molecule has 5 rings (SSSR count). The van der Waals surface area contributed by atoms with Crippen molar-refractivity contribution >= 4 is 22.9 Å². The van der Waals surface area contributed by atoms with E-state index in [0.717, 1.165) is 16.9 Å². The van der Waals surface area contributed by atoms with E-state index >= 15 is 0 Å². The fraction of sp³-hybridized carbons (Fsp3) is 0.333. The third-order valence-electron chi connectivity index (χ3n) is 4.59. The molecule has 134 valence electrons. The van der Waals surface area contributed by atoms with Crippen molar-refractivity contribution < 1.29 is 0 Å². The number of nitrogen functional groups attached to an aromatic ring is 2. The lowest BCUT2D eigenvalue weighted by molar-refractivity contribution is 0.504. The Morgan fingerprint density at radius 1 is 0.808 bits per heavy atom. The zero-order chi connectivity index (χ0) is 17.9. The SMILES string of the molecule is C1CCCCC1.Nc1nc(N)c2c(-c3ccn4nccc4n3)ccn2n1. The molecule has 0 spiro atoms. The van der Waals surface area contributed by atoms with Crippen LogP contribution >= 0.6 is 0 Å². The molecule has 0 aromatic carbocycles. The number of anilines is 2. The van der Waals surface area contributed by atoms with Crippen LogP contribution in [0.15, 0.2) is 36.8 Å². The highest BCUT2D eigenvalue weighted by Crippen LogP contribution is 2.27. The highest BCUT2D eigenvalue weighted by atomic mass is 15.3. The number of rotatable bonds is 1. The Labute approximate surface area is 150 Å². The highest BCUT2D eigenvalue weighted by molar-refractivity contribution is 5.86. The van der Waals surface area contributed by atoms with Crippen LogP contribution in [0.4, 0.5) is 11.8 Å². The largest absolute Gasteiger partial charge is 0.382 e. The predicted molar refractivity (Wildman–Crippen MR) is 101 cm³/mol. The van der Waals surface area contributed by atoms with Crippen LogP contribution in [0.5, 0.6) is 0 Å². The van der Waals surface area contributed by atoms with Gasteiger partial charge in [-0.1, -0.05) is 38.5 Å². The minimum atomic E-state index is 0.136. The average Bonchev–Trinajstić information content (AvgIpc) is 3.29. The average molecular weight is 350 g/mol. The van der Waals surface area contributed by atoms with Crippen molar-refractivity contribution in [2.75, 3.05) is 11.5 Å². The lowest BCUT2D eigenvalue weighted by Gasteiger charge is -2.05. The summed E-state index contributed by atoms with van der Waals surface area (Å²) >= 11 is 0. The van der Waals surface area contributed by atoms with E-state index in [0.29, 0.717) is 11.3 Å². The van der Waals surface area contributed by atoms with Gasteiger partial charge in [0.05, 0.1) is 11.9 Å². The predicted octanol–water partition coefficient (Wildman–Crippen LogP) is 2.94. The summed E-state index contributed by atoms with van der Waals surface area (Å²) in [6.07, 6.45) is 14.3. The molecule has 0 unspecified atom stereocenters. The van der Waals surface area contributed by atoms with Gasteiger partial charge in [-0.05, 0) is 12.1 Å². The Hall–Kier alpha value is -3.16. The van der Waals surface area contributed by atoms with Crippen molar-refractivity contribution in [3.05, 3.63) is 36.8 Å². The first-order valence-corrected chi connectivity index (χ1v) is 8.93. The van der Waals surface area contributed by atoms with Gasteiger partial charge in [0.1, 0.15) is 5.52 Å². The first kappa shape index (κ1) is 16.3. The number of hydrogen-bond donors (Lipinski definition) is 2. The minimum Gasteiger partial charge on any atom is -0.382 e. The smallest absolute Gasteiger partial charge is 0.240 e. The standard InChI is InChI=1S/C12H10N8.C6H12/c13-11-10-7(2-5-20(10)18-12(14)17-11)8-3-6-19-9(16-8)1-4-15-19;1-2-4-6-5-3-1/h1-6H,(H4,13,14,17,18);1-6H2. The van der Waals surface area contributed by atoms with Gasteiger partial charge in [-0.3, -0.25) is 0 Å². The van der Waals surface area contributed by atoms with E-state index in [1.807, 2.05) is 24.4 Å². The Morgan fingerprint density at radius 2 is 1.50 bits per heavy atom. The number of aromatic nitrogens is 6. The zero-order valence-corrected chi connectivity index (χ0v) is 14.5. The van der Waals surface area contributed by atoms with E-state index in [4.69, 9.17) is 11.5 Å². The van der Waals surface area contributed by atoms with Gasteiger partial charge < -0.3 is 11.5 Å². The lowest BCUT2D eigenvalue weighted by Crippen LogP contribution is -2.05. The second-order valence-electron chi connectivity index (χ2n) is 6.45. The quantitative estimate of drug-likeness (QED) is 0.546. The molecule has 1 fully saturated rings. The van der Waals surface area contributed by atoms with E-state index in [9.17, 15) is 0 Å². The van der Waals surface area contributed by atoms with Crippen molar-refractivity contribution in [3.63, 3.8) is 0 Å². The third-order valence-corrected chi connectivity index (χ3v) is 4.59. The van der Waals surface area contributed by atoms with Crippen LogP contribution in [0.2, 0.25) is 0 Å². The van der Waals surface area contributed by atoms with Gasteiger partial charge in [-0.2, -0.15) is 10.1 Å². The maximum absolute atomic E-state index is 5.94. The molecule has 4 aromatic heterocycles. The molecule has 0 saturated heterocycles. The van der Waals surface area contributed by atoms with Gasteiger partial charge >= 0.3 is 0 Å². The topological polar surface area (TPSA) is 112 Å². The summed E-state index contributed by atoms with van der Waals surface area (Å²) in [6.45, 7) is 0. The monoisotopic (exact) mass is 350 g/mol. The molecule has 0 aliphatic heterocycles. The van der Waals surface area contributed by atoms with Gasteiger partial charge in [0, 0.05) is 24.0 Å². The van der Waals surface area contributed by atoms with Gasteiger partial charge in [-0.25, -0.2) is 14.0 Å². The van der Waals surface area contributed by atoms with Crippen molar-refractivity contribution in [2.24, 2.45) is 0 Å². The van der Waals surface area contributed by atoms with Crippen LogP contribution in [0.3, 0.4) is 0 Å². The van der Waals surface area contributed by atoms with Gasteiger partial charge in [0.25, 0.3) is 0 Å². The molecule has 26 heavy (non-hydrogen) atoms. The van der Waals surface area contributed by atoms with Crippen LogP contribution < -0.4 is 11.5 Å². The zero-order valence-electron chi connectivity index (χ0n) is 14.5. The molecule has 0 atom stereocenters. The summed E-state index contributed by atoms with van der Waals surface area (Å²) in [6, 6.07) is 5.58. The molecule has 8 nitrogen and oxygen atoms in total. The van der Waals surface area contributed by atoms with E-state index in [1.165, 1.54) is 38.5 Å². The van der Waals surface area contributed by atoms with E-state index < -0.39 is 0 Å². The molecule has 0 radical (unpaired) electrons. The Balaban J connectivity index is 0.000000240. The molecule has 0 bridgehead atoms. The Kier molecular flexibility index (Phi) is 4.39. The summed E-state index contributed by atoms with van der Waals surface area (Å²) in [5, 5.41) is 8.21. The number of hydrogen-bond acceptors (Lipinski definition) is 6. The van der Waals surface area contributed by atoms with Crippen molar-refractivity contribution in [1.29, 1.82) is 0 Å². The van der Waals surface area contributed by atoms with Crippen LogP contribution in [0.1, 0.15) is 38.5 Å². The summed E-state index contributed by atoms with van der Waals surface area (Å²) in [5.41, 5.74) is 14.6. The number of fused-ring (bicyclic) bond motifs is 2. The summed E-state index contributed by atoms with van der Waals surface area (Å²) in [5.74, 6) is 0.462. The Bertz CT molecular complexity index is 1020. The van der Waals surface area contributed by atoms with Crippen LogP contribution in [0, 0.1) is 0 Å². The van der Waals surface area contributed by atoms with Crippen molar-refractivity contribution in [1.82, 2.24) is 29.2 Å². The molecule has 4 N–H and O–H groups in total. The van der Waals surface area contributed by atoms with Gasteiger partial charge in [0.2, 0.25) is 5.95 Å². The maximum atomic E-state index is 5.94. The fourth-order valence-corrected chi connectivity index (χ4v) is 3.30. The first-order chi connectivity index (χ1) is 12.7. The molecular weight excluding hydrogens is 328 g/mol. The van der Waals surface area contributed by atoms with Crippen molar-refractivity contribution in [3.8, 4) is 11.3 Å². The second kappa shape index (κ2) is 6.99. The molecular formula is C18H22N8. The molecule has 1 saturated carbocycles. The first-order valence-electron chi connectivity index (χ1n) is 8.93. The molecule has 1 aliphatic rings. The third kappa shape index (κ3) is 3.17. The fourth-order valence-electron chi connectivity index (χ4n) is 3.30. The van der Waals surface area contributed by atoms with E-state index in [-0.39, 0.29) is 5.95 Å². The van der Waals surface area contributed by atoms with E-state index in [1.54, 1.807) is 21.4 Å². The van der Waals surface area contributed by atoms with E-state index in [2.05, 4.69) is 20.2 Å². The molecule has 4 aromatic rings. The lowest BCUT2D eigenvalue weighted by atomic mass is 10.0. The normalized spacial score (nSPS) is 14.3. The summed E-state index contributed by atoms with van der Waals surface area (Å²) in [7, 11) is 0. The number of nitrogens with two attached hydrogens (primary N) is 2. The van der Waals surface area contributed by atoms with Crippen LogP contribution in [0.25, 0.3) is 22.4 Å². The van der Waals surface area contributed by atoms with Crippen LogP contribution in [-0.4, -0.2) is 29.2 Å².